The van der Waals surface area contributed by atoms with Crippen molar-refractivity contribution in [3.8, 4) is 5.75 Å². The Bertz CT molecular complexity index is 525. The first-order valence-electron chi connectivity index (χ1n) is 5.79. The Morgan fingerprint density at radius 3 is 2.56 bits per heavy atom. The van der Waals surface area contributed by atoms with Gasteiger partial charge in [0.15, 0.2) is 5.75 Å². The van der Waals surface area contributed by atoms with Crippen molar-refractivity contribution >= 4 is 29.2 Å². The number of halogens is 1. The van der Waals surface area contributed by atoms with Crippen molar-refractivity contribution in [2.45, 2.75) is 33.1 Å². The van der Waals surface area contributed by atoms with Crippen LogP contribution in [0.15, 0.2) is 6.07 Å². The Balaban J connectivity index is 2.53. The van der Waals surface area contributed by atoms with Crippen molar-refractivity contribution in [1.29, 1.82) is 0 Å². The summed E-state index contributed by atoms with van der Waals surface area (Å²) in [6, 6.07) is 1.64. The highest BCUT2D eigenvalue weighted by molar-refractivity contribution is 6.32. The lowest BCUT2D eigenvalue weighted by molar-refractivity contribution is -0.132. The van der Waals surface area contributed by atoms with E-state index >= 15 is 0 Å². The van der Waals surface area contributed by atoms with Gasteiger partial charge < -0.3 is 10.1 Å². The molecule has 5 heteroatoms. The van der Waals surface area contributed by atoms with Crippen molar-refractivity contribution in [2.75, 3.05) is 5.32 Å². The van der Waals surface area contributed by atoms with Crippen molar-refractivity contribution in [3.05, 3.63) is 22.2 Å². The number of carbonyl (C=O) groups is 2. The molecule has 4 nitrogen and oxygen atoms in total. The molecule has 1 aliphatic carbocycles. The fourth-order valence-corrected chi connectivity index (χ4v) is 2.56. The Morgan fingerprint density at radius 1 is 1.28 bits per heavy atom. The van der Waals surface area contributed by atoms with Crippen LogP contribution in [0.5, 0.6) is 5.75 Å². The third-order valence-electron chi connectivity index (χ3n) is 2.85. The maximum atomic E-state index is 11.2. The molecule has 0 atom stereocenters. The zero-order valence-corrected chi connectivity index (χ0v) is 11.1. The number of hydrogen-bond donors (Lipinski definition) is 1. The normalized spacial score (nSPS) is 13.1. The Kier molecular flexibility index (Phi) is 3.57. The van der Waals surface area contributed by atoms with E-state index in [9.17, 15) is 9.59 Å². The molecule has 0 heterocycles. The SMILES string of the molecule is CC(=O)Nc1cc(Cl)c2c(c1OC(C)=O)CCC2. The maximum Gasteiger partial charge on any atom is 0.308 e. The van der Waals surface area contributed by atoms with Gasteiger partial charge in [0, 0.05) is 24.4 Å². The number of esters is 1. The van der Waals surface area contributed by atoms with E-state index in [0.29, 0.717) is 16.5 Å². The molecular formula is C13H14ClNO3. The number of carbonyl (C=O) groups excluding carboxylic acids is 2. The molecule has 0 fully saturated rings. The van der Waals surface area contributed by atoms with E-state index in [1.54, 1.807) is 6.07 Å². The van der Waals surface area contributed by atoms with Gasteiger partial charge in [-0.05, 0) is 30.9 Å². The summed E-state index contributed by atoms with van der Waals surface area (Å²) in [5, 5.41) is 3.26. The molecule has 0 radical (unpaired) electrons. The van der Waals surface area contributed by atoms with Gasteiger partial charge in [-0.2, -0.15) is 0 Å². The second kappa shape index (κ2) is 4.98. The van der Waals surface area contributed by atoms with Crippen LogP contribution in [0.25, 0.3) is 0 Å². The van der Waals surface area contributed by atoms with E-state index in [2.05, 4.69) is 5.32 Å². The number of rotatable bonds is 2. The topological polar surface area (TPSA) is 55.4 Å². The van der Waals surface area contributed by atoms with Gasteiger partial charge in [0.05, 0.1) is 5.69 Å². The van der Waals surface area contributed by atoms with Crippen LogP contribution < -0.4 is 10.1 Å². The lowest BCUT2D eigenvalue weighted by Gasteiger charge is -2.15. The van der Waals surface area contributed by atoms with E-state index in [4.69, 9.17) is 16.3 Å². The minimum absolute atomic E-state index is 0.225. The second-order valence-corrected chi connectivity index (χ2v) is 4.73. The summed E-state index contributed by atoms with van der Waals surface area (Å²) < 4.78 is 5.23. The van der Waals surface area contributed by atoms with Crippen LogP contribution in [0, 0.1) is 0 Å². The zero-order valence-electron chi connectivity index (χ0n) is 10.3. The Labute approximate surface area is 110 Å². The molecule has 2 rings (SSSR count). The number of ether oxygens (including phenoxy) is 1. The molecule has 0 spiro atoms. The van der Waals surface area contributed by atoms with Crippen LogP contribution in [0.3, 0.4) is 0 Å². The van der Waals surface area contributed by atoms with E-state index < -0.39 is 5.97 Å². The lowest BCUT2D eigenvalue weighted by Crippen LogP contribution is -2.11. The van der Waals surface area contributed by atoms with E-state index in [-0.39, 0.29) is 5.91 Å². The molecule has 0 bridgehead atoms. The summed E-state index contributed by atoms with van der Waals surface area (Å²) in [5.74, 6) is -0.190. The van der Waals surface area contributed by atoms with Gasteiger partial charge in [-0.25, -0.2) is 0 Å². The maximum absolute atomic E-state index is 11.2. The summed E-state index contributed by atoms with van der Waals surface area (Å²) >= 11 is 6.17. The van der Waals surface area contributed by atoms with Gasteiger partial charge in [-0.15, -0.1) is 0 Å². The fraction of sp³-hybridized carbons (Fsp3) is 0.385. The van der Waals surface area contributed by atoms with Crippen LogP contribution in [0.2, 0.25) is 5.02 Å². The van der Waals surface area contributed by atoms with Gasteiger partial charge >= 0.3 is 5.97 Å². The van der Waals surface area contributed by atoms with E-state index in [0.717, 1.165) is 30.4 Å². The van der Waals surface area contributed by atoms with Gasteiger partial charge in [-0.1, -0.05) is 11.6 Å². The fourth-order valence-electron chi connectivity index (χ4n) is 2.24. The molecular weight excluding hydrogens is 254 g/mol. The predicted molar refractivity (Wildman–Crippen MR) is 69.1 cm³/mol. The molecule has 0 saturated carbocycles. The van der Waals surface area contributed by atoms with Crippen molar-refractivity contribution < 1.29 is 14.3 Å². The van der Waals surface area contributed by atoms with Crippen LogP contribution in [0.4, 0.5) is 5.69 Å². The number of fused-ring (bicyclic) bond motifs is 1. The van der Waals surface area contributed by atoms with Crippen LogP contribution in [-0.4, -0.2) is 11.9 Å². The van der Waals surface area contributed by atoms with Gasteiger partial charge in [0.2, 0.25) is 5.91 Å². The first-order valence-corrected chi connectivity index (χ1v) is 6.17. The second-order valence-electron chi connectivity index (χ2n) is 4.32. The number of anilines is 1. The number of nitrogens with one attached hydrogen (secondary N) is 1. The van der Waals surface area contributed by atoms with Gasteiger partial charge in [0.1, 0.15) is 0 Å². The molecule has 1 amide bonds. The average molecular weight is 268 g/mol. The number of hydrogen-bond acceptors (Lipinski definition) is 3. The van der Waals surface area contributed by atoms with Crippen LogP contribution in [0.1, 0.15) is 31.4 Å². The predicted octanol–water partition coefficient (Wildman–Crippen LogP) is 2.71. The first-order chi connectivity index (χ1) is 8.49. The Hall–Kier alpha value is -1.55. The van der Waals surface area contributed by atoms with Crippen LogP contribution >= 0.6 is 11.6 Å². The van der Waals surface area contributed by atoms with Crippen molar-refractivity contribution in [3.63, 3.8) is 0 Å². The van der Waals surface area contributed by atoms with Crippen molar-refractivity contribution in [1.82, 2.24) is 0 Å². The molecule has 0 aliphatic heterocycles. The molecule has 1 aromatic carbocycles. The first kappa shape index (κ1) is 12.9. The molecule has 1 N–H and O–H groups in total. The Morgan fingerprint density at radius 2 is 1.94 bits per heavy atom. The quantitative estimate of drug-likeness (QED) is 0.662. The van der Waals surface area contributed by atoms with Gasteiger partial charge in [-0.3, -0.25) is 9.59 Å². The lowest BCUT2D eigenvalue weighted by atomic mass is 10.1. The minimum Gasteiger partial charge on any atom is -0.424 e. The molecule has 96 valence electrons. The largest absolute Gasteiger partial charge is 0.424 e. The van der Waals surface area contributed by atoms with Gasteiger partial charge in [0.25, 0.3) is 0 Å². The van der Waals surface area contributed by atoms with Crippen molar-refractivity contribution in [2.24, 2.45) is 0 Å². The molecule has 1 aliphatic rings. The van der Waals surface area contributed by atoms with E-state index in [1.807, 2.05) is 0 Å². The molecule has 0 saturated heterocycles. The van der Waals surface area contributed by atoms with E-state index in [1.165, 1.54) is 13.8 Å². The smallest absolute Gasteiger partial charge is 0.308 e. The van der Waals surface area contributed by atoms with Crippen LogP contribution in [-0.2, 0) is 22.4 Å². The highest BCUT2D eigenvalue weighted by Crippen LogP contribution is 2.41. The highest BCUT2D eigenvalue weighted by atomic mass is 35.5. The summed E-state index contributed by atoms with van der Waals surface area (Å²) in [7, 11) is 0. The third-order valence-corrected chi connectivity index (χ3v) is 3.19. The minimum atomic E-state index is -0.405. The molecule has 1 aromatic rings. The number of amides is 1. The monoisotopic (exact) mass is 267 g/mol. The standard InChI is InChI=1S/C13H14ClNO3/c1-7(16)15-12-6-11(14)9-4-3-5-10(9)13(12)18-8(2)17/h6H,3-5H2,1-2H3,(H,15,16). The average Bonchev–Trinajstić information content (AvgIpc) is 2.71. The third kappa shape index (κ3) is 2.48. The molecule has 0 aromatic heterocycles. The zero-order chi connectivity index (χ0) is 13.3. The summed E-state index contributed by atoms with van der Waals surface area (Å²) in [5.41, 5.74) is 2.41. The molecule has 18 heavy (non-hydrogen) atoms. The summed E-state index contributed by atoms with van der Waals surface area (Å²) in [4.78, 5) is 22.3. The number of benzene rings is 1. The highest BCUT2D eigenvalue weighted by Gasteiger charge is 2.23. The summed E-state index contributed by atoms with van der Waals surface area (Å²) in [6.45, 7) is 2.74. The summed E-state index contributed by atoms with van der Waals surface area (Å²) in [6.07, 6.45) is 2.67. The molecule has 0 unspecified atom stereocenters.